The molecule has 5 heteroatoms. The van der Waals surface area contributed by atoms with Gasteiger partial charge in [0.2, 0.25) is 0 Å². The van der Waals surface area contributed by atoms with Crippen molar-refractivity contribution in [3.63, 3.8) is 0 Å². The number of aryl methyl sites for hydroxylation is 2. The first-order valence-corrected chi connectivity index (χ1v) is 5.68. The maximum absolute atomic E-state index is 11.1. The van der Waals surface area contributed by atoms with E-state index in [4.69, 9.17) is 5.11 Å². The third-order valence-corrected chi connectivity index (χ3v) is 3.41. The number of benzene rings is 1. The van der Waals surface area contributed by atoms with Crippen LogP contribution in [0.3, 0.4) is 0 Å². The summed E-state index contributed by atoms with van der Waals surface area (Å²) in [5.41, 5.74) is 1.96. The summed E-state index contributed by atoms with van der Waals surface area (Å²) >= 11 is 1.52. The largest absolute Gasteiger partial charge is 1.00 e. The van der Waals surface area contributed by atoms with Crippen molar-refractivity contribution >= 4 is 17.3 Å². The Morgan fingerprint density at radius 3 is 2.53 bits per heavy atom. The van der Waals surface area contributed by atoms with E-state index in [1.807, 2.05) is 26.0 Å². The van der Waals surface area contributed by atoms with Crippen LogP contribution in [0.2, 0.25) is 0 Å². The molecule has 0 aliphatic carbocycles. The zero-order valence-electron chi connectivity index (χ0n) is 11.0. The molecule has 2 rings (SSSR count). The molecular formula is C12H12NNaO2S. The first-order chi connectivity index (χ1) is 7.59. The van der Waals surface area contributed by atoms with E-state index in [9.17, 15) is 4.79 Å². The Kier molecular flexibility index (Phi) is 4.89. The van der Waals surface area contributed by atoms with Gasteiger partial charge in [-0.3, -0.25) is 0 Å². The number of carboxylic acids is 1. The third-order valence-electron chi connectivity index (χ3n) is 2.31. The summed E-state index contributed by atoms with van der Waals surface area (Å²) < 4.78 is 0. The molecule has 0 bridgehead atoms. The first kappa shape index (κ1) is 14.4. The summed E-state index contributed by atoms with van der Waals surface area (Å²) in [6, 6.07) is 7.02. The van der Waals surface area contributed by atoms with Gasteiger partial charge in [-0.1, -0.05) is 18.2 Å². The molecule has 0 spiro atoms. The maximum Gasteiger partial charge on any atom is 1.00 e. The van der Waals surface area contributed by atoms with E-state index in [0.717, 1.165) is 21.1 Å². The average Bonchev–Trinajstić information content (AvgIpc) is 2.57. The molecular weight excluding hydrogens is 245 g/mol. The van der Waals surface area contributed by atoms with Gasteiger partial charge < -0.3 is 6.53 Å². The Bertz CT molecular complexity index is 557. The van der Waals surface area contributed by atoms with Gasteiger partial charge in [-0.05, 0) is 19.9 Å². The molecule has 0 saturated carbocycles. The number of hydrogen-bond donors (Lipinski definition) is 1. The van der Waals surface area contributed by atoms with Crippen LogP contribution in [0, 0.1) is 13.8 Å². The van der Waals surface area contributed by atoms with Crippen molar-refractivity contribution in [2.24, 2.45) is 0 Å². The van der Waals surface area contributed by atoms with Gasteiger partial charge in [-0.15, -0.1) is 11.3 Å². The van der Waals surface area contributed by atoms with Gasteiger partial charge in [-0.25, -0.2) is 9.78 Å². The predicted octanol–water partition coefficient (Wildman–Crippen LogP) is 0.242. The summed E-state index contributed by atoms with van der Waals surface area (Å²) in [6.07, 6.45) is 0. The zero-order chi connectivity index (χ0) is 11.7. The number of nitrogens with zero attached hydrogens (tertiary/aromatic N) is 1. The van der Waals surface area contributed by atoms with Crippen LogP contribution in [-0.2, 0) is 0 Å². The van der Waals surface area contributed by atoms with E-state index >= 15 is 0 Å². The number of aromatic nitrogens is 1. The molecule has 0 aliphatic heterocycles. The first-order valence-electron chi connectivity index (χ1n) is 4.86. The van der Waals surface area contributed by atoms with E-state index in [1.54, 1.807) is 12.1 Å². The molecule has 0 fully saturated rings. The summed E-state index contributed by atoms with van der Waals surface area (Å²) in [7, 11) is 0. The summed E-state index contributed by atoms with van der Waals surface area (Å²) in [5.74, 6) is -0.902. The smallest absolute Gasteiger partial charge is 1.00 e. The van der Waals surface area contributed by atoms with Gasteiger partial charge >= 0.3 is 35.5 Å². The number of rotatable bonds is 2. The quantitative estimate of drug-likeness (QED) is 0.784. The molecule has 1 aromatic heterocycles. The minimum absolute atomic E-state index is 0. The van der Waals surface area contributed by atoms with Gasteiger partial charge in [0.25, 0.3) is 0 Å². The van der Waals surface area contributed by atoms with Crippen LogP contribution in [0.25, 0.3) is 10.4 Å². The minimum Gasteiger partial charge on any atom is -1.00 e. The molecule has 3 nitrogen and oxygen atoms in total. The van der Waals surface area contributed by atoms with E-state index in [2.05, 4.69) is 4.98 Å². The number of aromatic carboxylic acids is 1. The van der Waals surface area contributed by atoms with Crippen LogP contribution in [-0.4, -0.2) is 16.1 Å². The van der Waals surface area contributed by atoms with Crippen molar-refractivity contribution in [2.75, 3.05) is 0 Å². The fourth-order valence-electron chi connectivity index (χ4n) is 1.65. The molecule has 0 aliphatic rings. The van der Waals surface area contributed by atoms with E-state index in [-0.39, 0.29) is 31.0 Å². The number of carbonyl (C=O) groups is 1. The van der Waals surface area contributed by atoms with Crippen molar-refractivity contribution in [1.29, 1.82) is 0 Å². The fourth-order valence-corrected chi connectivity index (χ4v) is 2.61. The van der Waals surface area contributed by atoms with Crippen LogP contribution in [0.1, 0.15) is 22.5 Å². The van der Waals surface area contributed by atoms with Crippen LogP contribution < -0.4 is 29.6 Å². The van der Waals surface area contributed by atoms with Crippen molar-refractivity contribution in [3.05, 3.63) is 40.5 Å². The molecule has 0 amide bonds. The third kappa shape index (κ3) is 2.96. The van der Waals surface area contributed by atoms with E-state index in [0.29, 0.717) is 5.56 Å². The number of thiazole rings is 1. The molecule has 1 aromatic carbocycles. The topological polar surface area (TPSA) is 50.2 Å². The predicted molar refractivity (Wildman–Crippen MR) is 65.1 cm³/mol. The second kappa shape index (κ2) is 5.78. The molecule has 17 heavy (non-hydrogen) atoms. The monoisotopic (exact) mass is 257 g/mol. The van der Waals surface area contributed by atoms with Crippen LogP contribution in [0.15, 0.2) is 24.3 Å². The Labute approximate surface area is 127 Å². The Morgan fingerprint density at radius 1 is 1.35 bits per heavy atom. The molecule has 1 N–H and O–H groups in total. The van der Waals surface area contributed by atoms with Crippen molar-refractivity contribution in [2.45, 2.75) is 13.8 Å². The molecule has 0 radical (unpaired) electrons. The van der Waals surface area contributed by atoms with Gasteiger partial charge in [0, 0.05) is 5.56 Å². The van der Waals surface area contributed by atoms with Gasteiger partial charge in [0.05, 0.1) is 21.1 Å². The number of carboxylic acid groups (broad SMARTS) is 1. The Balaban J connectivity index is 0.00000144. The summed E-state index contributed by atoms with van der Waals surface area (Å²) in [5, 5.41) is 10.1. The standard InChI is InChI=1S/C12H11NO2S.Na.H/c1-7-11(16-8(2)13-7)9-5-3-4-6-10(9)12(14)15;;/h3-6H,1-2H3,(H,14,15);;/q;+1;-1. The van der Waals surface area contributed by atoms with Crippen LogP contribution in [0.4, 0.5) is 0 Å². The fraction of sp³-hybridized carbons (Fsp3) is 0.167. The maximum atomic E-state index is 11.1. The van der Waals surface area contributed by atoms with Crippen LogP contribution >= 0.6 is 11.3 Å². The molecule has 0 unspecified atom stereocenters. The van der Waals surface area contributed by atoms with Crippen molar-refractivity contribution in [3.8, 4) is 10.4 Å². The summed E-state index contributed by atoms with van der Waals surface area (Å²) in [6.45, 7) is 3.82. The van der Waals surface area contributed by atoms with Gasteiger partial charge in [-0.2, -0.15) is 0 Å². The normalized spacial score (nSPS) is 9.76. The Hall–Kier alpha value is -0.680. The van der Waals surface area contributed by atoms with Crippen molar-refractivity contribution in [1.82, 2.24) is 4.98 Å². The average molecular weight is 257 g/mol. The van der Waals surface area contributed by atoms with E-state index < -0.39 is 5.97 Å². The number of hydrogen-bond acceptors (Lipinski definition) is 3. The summed E-state index contributed by atoms with van der Waals surface area (Å²) in [4.78, 5) is 16.4. The zero-order valence-corrected chi connectivity index (χ0v) is 12.8. The van der Waals surface area contributed by atoms with Crippen LogP contribution in [0.5, 0.6) is 0 Å². The molecule has 2 aromatic rings. The SMILES string of the molecule is Cc1nc(C)c(-c2ccccc2C(=O)O)s1.[H-].[Na+]. The molecule has 1 heterocycles. The Morgan fingerprint density at radius 2 is 2.00 bits per heavy atom. The van der Waals surface area contributed by atoms with Gasteiger partial charge in [0.15, 0.2) is 0 Å². The van der Waals surface area contributed by atoms with Crippen molar-refractivity contribution < 1.29 is 40.9 Å². The molecule has 0 atom stereocenters. The second-order valence-corrected chi connectivity index (χ2v) is 4.70. The minimum atomic E-state index is -0.902. The molecule has 84 valence electrons. The van der Waals surface area contributed by atoms with E-state index in [1.165, 1.54) is 11.3 Å². The molecule has 0 saturated heterocycles. The van der Waals surface area contributed by atoms with Gasteiger partial charge in [0.1, 0.15) is 0 Å². The second-order valence-electron chi connectivity index (χ2n) is 3.50.